The first-order valence-electron chi connectivity index (χ1n) is 6.23. The maximum absolute atomic E-state index is 12.2. The number of hydrogen-bond donors (Lipinski definition) is 1. The van der Waals surface area contributed by atoms with E-state index in [0.29, 0.717) is 19.5 Å². The molecule has 19 heavy (non-hydrogen) atoms. The molecule has 4 nitrogen and oxygen atoms in total. The molecule has 1 unspecified atom stereocenters. The second kappa shape index (κ2) is 6.54. The van der Waals surface area contributed by atoms with Crippen LogP contribution in [-0.4, -0.2) is 16.8 Å². The van der Waals surface area contributed by atoms with E-state index >= 15 is 0 Å². The molecule has 0 saturated carbocycles. The lowest BCUT2D eigenvalue weighted by molar-refractivity contribution is -0.132. The van der Waals surface area contributed by atoms with Crippen LogP contribution < -0.4 is 5.73 Å². The van der Waals surface area contributed by atoms with Gasteiger partial charge in [-0.05, 0) is 30.5 Å². The Labute approximate surface area is 116 Å². The summed E-state index contributed by atoms with van der Waals surface area (Å²) in [5, 5.41) is 2.01. The van der Waals surface area contributed by atoms with Crippen LogP contribution in [0.15, 0.2) is 40.3 Å². The van der Waals surface area contributed by atoms with Crippen LogP contribution in [0, 0.1) is 0 Å². The van der Waals surface area contributed by atoms with Gasteiger partial charge < -0.3 is 15.1 Å². The van der Waals surface area contributed by atoms with E-state index in [9.17, 15) is 4.79 Å². The maximum atomic E-state index is 12.2. The summed E-state index contributed by atoms with van der Waals surface area (Å²) in [4.78, 5) is 15.2. The fraction of sp³-hybridized carbons (Fsp3) is 0.357. The van der Waals surface area contributed by atoms with E-state index in [4.69, 9.17) is 10.2 Å². The van der Waals surface area contributed by atoms with Gasteiger partial charge in [-0.1, -0.05) is 6.07 Å². The van der Waals surface area contributed by atoms with Gasteiger partial charge in [-0.2, -0.15) is 0 Å². The quantitative estimate of drug-likeness (QED) is 0.883. The molecule has 0 aliphatic rings. The zero-order valence-electron chi connectivity index (χ0n) is 10.9. The normalized spacial score (nSPS) is 12.3. The molecule has 0 saturated heterocycles. The summed E-state index contributed by atoms with van der Waals surface area (Å²) in [5.41, 5.74) is 5.71. The van der Waals surface area contributed by atoms with Gasteiger partial charge >= 0.3 is 0 Å². The minimum atomic E-state index is -0.130. The zero-order valence-corrected chi connectivity index (χ0v) is 11.7. The standard InChI is InChI=1S/C14H18N2O2S/c1-11(15)8-14(17)16(9-12-4-2-6-18-12)10-13-5-3-7-19-13/h2-7,11H,8-10,15H2,1H3. The summed E-state index contributed by atoms with van der Waals surface area (Å²) in [7, 11) is 0. The van der Waals surface area contributed by atoms with Crippen molar-refractivity contribution in [3.63, 3.8) is 0 Å². The molecule has 2 N–H and O–H groups in total. The lowest BCUT2D eigenvalue weighted by atomic mass is 10.2. The summed E-state index contributed by atoms with van der Waals surface area (Å²) >= 11 is 1.64. The predicted molar refractivity (Wildman–Crippen MR) is 75.5 cm³/mol. The van der Waals surface area contributed by atoms with Crippen LogP contribution in [0.4, 0.5) is 0 Å². The second-order valence-corrected chi connectivity index (χ2v) is 5.62. The fourth-order valence-corrected chi connectivity index (χ4v) is 2.54. The molecule has 1 atom stereocenters. The molecule has 0 aromatic carbocycles. The van der Waals surface area contributed by atoms with E-state index < -0.39 is 0 Å². The van der Waals surface area contributed by atoms with Gasteiger partial charge in [0.25, 0.3) is 0 Å². The van der Waals surface area contributed by atoms with Crippen molar-refractivity contribution in [3.05, 3.63) is 46.5 Å². The Morgan fingerprint density at radius 2 is 2.26 bits per heavy atom. The number of carbonyl (C=O) groups is 1. The third-order valence-corrected chi connectivity index (χ3v) is 3.56. The number of thiophene rings is 1. The third-order valence-electron chi connectivity index (χ3n) is 2.70. The number of nitrogens with two attached hydrogens (primary N) is 1. The molecule has 1 amide bonds. The van der Waals surface area contributed by atoms with Gasteiger partial charge in [-0.25, -0.2) is 0 Å². The molecule has 0 spiro atoms. The van der Waals surface area contributed by atoms with Crippen LogP contribution in [-0.2, 0) is 17.9 Å². The molecule has 0 aliphatic carbocycles. The summed E-state index contributed by atoms with van der Waals surface area (Å²) < 4.78 is 5.32. The molecule has 0 fully saturated rings. The maximum Gasteiger partial charge on any atom is 0.224 e. The molecule has 0 aliphatic heterocycles. The van der Waals surface area contributed by atoms with Gasteiger partial charge in [0.1, 0.15) is 5.76 Å². The van der Waals surface area contributed by atoms with Crippen LogP contribution in [0.5, 0.6) is 0 Å². The number of hydrogen-bond acceptors (Lipinski definition) is 4. The molecule has 0 bridgehead atoms. The largest absolute Gasteiger partial charge is 0.467 e. The number of amides is 1. The smallest absolute Gasteiger partial charge is 0.224 e. The number of furan rings is 1. The summed E-state index contributed by atoms with van der Waals surface area (Å²) in [6.45, 7) is 2.93. The Morgan fingerprint density at radius 3 is 2.84 bits per heavy atom. The average Bonchev–Trinajstić information content (AvgIpc) is 2.99. The fourth-order valence-electron chi connectivity index (χ4n) is 1.82. The van der Waals surface area contributed by atoms with Crippen molar-refractivity contribution in [2.45, 2.75) is 32.5 Å². The summed E-state index contributed by atoms with van der Waals surface area (Å²) in [6, 6.07) is 7.59. The molecule has 2 aromatic heterocycles. The van der Waals surface area contributed by atoms with Gasteiger partial charge in [0.05, 0.1) is 19.4 Å². The van der Waals surface area contributed by atoms with Crippen molar-refractivity contribution in [3.8, 4) is 0 Å². The number of rotatable bonds is 6. The number of nitrogens with zero attached hydrogens (tertiary/aromatic N) is 1. The highest BCUT2D eigenvalue weighted by molar-refractivity contribution is 7.09. The molecular formula is C14H18N2O2S. The highest BCUT2D eigenvalue weighted by Crippen LogP contribution is 2.16. The Morgan fingerprint density at radius 1 is 1.42 bits per heavy atom. The van der Waals surface area contributed by atoms with Gasteiger partial charge in [-0.3, -0.25) is 4.79 Å². The average molecular weight is 278 g/mol. The molecule has 5 heteroatoms. The van der Waals surface area contributed by atoms with E-state index in [1.165, 1.54) is 0 Å². The van der Waals surface area contributed by atoms with Crippen LogP contribution in [0.3, 0.4) is 0 Å². The van der Waals surface area contributed by atoms with Crippen molar-refractivity contribution in [2.24, 2.45) is 5.73 Å². The van der Waals surface area contributed by atoms with Crippen molar-refractivity contribution in [1.29, 1.82) is 0 Å². The first-order chi connectivity index (χ1) is 9.15. The summed E-state index contributed by atoms with van der Waals surface area (Å²) in [5.74, 6) is 0.842. The Hall–Kier alpha value is -1.59. The molecule has 0 radical (unpaired) electrons. The highest BCUT2D eigenvalue weighted by Gasteiger charge is 2.17. The highest BCUT2D eigenvalue weighted by atomic mass is 32.1. The van der Waals surface area contributed by atoms with Gasteiger partial charge in [0, 0.05) is 17.3 Å². The predicted octanol–water partition coefficient (Wildman–Crippen LogP) is 2.61. The van der Waals surface area contributed by atoms with Crippen molar-refractivity contribution in [1.82, 2.24) is 4.90 Å². The first-order valence-corrected chi connectivity index (χ1v) is 7.11. The zero-order chi connectivity index (χ0) is 13.7. The Kier molecular flexibility index (Phi) is 4.76. The first kappa shape index (κ1) is 13.8. The molecule has 2 rings (SSSR count). The lowest BCUT2D eigenvalue weighted by Gasteiger charge is -2.22. The van der Waals surface area contributed by atoms with Crippen LogP contribution >= 0.6 is 11.3 Å². The van der Waals surface area contributed by atoms with Crippen molar-refractivity contribution in [2.75, 3.05) is 0 Å². The molecule has 102 valence electrons. The van der Waals surface area contributed by atoms with E-state index in [1.807, 2.05) is 36.6 Å². The Bertz CT molecular complexity index is 455. The molecule has 2 heterocycles. The number of carbonyl (C=O) groups excluding carboxylic acids is 1. The monoisotopic (exact) mass is 278 g/mol. The summed E-state index contributed by atoms with van der Waals surface area (Å²) in [6.07, 6.45) is 1.97. The van der Waals surface area contributed by atoms with E-state index in [1.54, 1.807) is 22.5 Å². The second-order valence-electron chi connectivity index (χ2n) is 4.59. The SMILES string of the molecule is CC(N)CC(=O)N(Cc1ccco1)Cc1cccs1. The minimum Gasteiger partial charge on any atom is -0.467 e. The van der Waals surface area contributed by atoms with Crippen molar-refractivity contribution < 1.29 is 9.21 Å². The Balaban J connectivity index is 2.05. The van der Waals surface area contributed by atoms with E-state index in [0.717, 1.165) is 10.6 Å². The molecular weight excluding hydrogens is 260 g/mol. The van der Waals surface area contributed by atoms with Crippen LogP contribution in [0.2, 0.25) is 0 Å². The van der Waals surface area contributed by atoms with Gasteiger partial charge in [0.15, 0.2) is 0 Å². The van der Waals surface area contributed by atoms with Gasteiger partial charge in [-0.15, -0.1) is 11.3 Å². The minimum absolute atomic E-state index is 0.0554. The topological polar surface area (TPSA) is 59.5 Å². The molecule has 2 aromatic rings. The lowest BCUT2D eigenvalue weighted by Crippen LogP contribution is -2.33. The third kappa shape index (κ3) is 4.22. The van der Waals surface area contributed by atoms with Gasteiger partial charge in [0.2, 0.25) is 5.91 Å². The van der Waals surface area contributed by atoms with Crippen molar-refractivity contribution >= 4 is 17.2 Å². The van der Waals surface area contributed by atoms with Crippen LogP contribution in [0.25, 0.3) is 0 Å². The van der Waals surface area contributed by atoms with E-state index in [2.05, 4.69) is 0 Å². The van der Waals surface area contributed by atoms with Crippen LogP contribution in [0.1, 0.15) is 24.0 Å². The van der Waals surface area contributed by atoms with E-state index in [-0.39, 0.29) is 11.9 Å².